The third kappa shape index (κ3) is 6.20. The van der Waals surface area contributed by atoms with E-state index in [1.54, 1.807) is 37.3 Å². The molecule has 11 heteroatoms. The van der Waals surface area contributed by atoms with Crippen LogP contribution in [0.15, 0.2) is 66.7 Å². The fraction of sp³-hybridized carbons (Fsp3) is 0.241. The number of ether oxygens (including phenoxy) is 3. The standard InChI is InChI=1S/C29H28FN3O6S/c1-37-24-13-4-18(16-25(24)38-2)14-15-32-23(27(35)33(29(32)40)22-11-7-20(30)8-12-22)17-26(34)31-21-9-5-19(6-10-21)28(36)39-3/h4-13,16,23H,14-15,17H2,1-3H3,(H,31,34). The van der Waals surface area contributed by atoms with Gasteiger partial charge in [0.2, 0.25) is 5.91 Å². The Morgan fingerprint density at radius 1 is 0.950 bits per heavy atom. The molecule has 1 aliphatic heterocycles. The highest BCUT2D eigenvalue weighted by Gasteiger charge is 2.44. The molecular weight excluding hydrogens is 537 g/mol. The van der Waals surface area contributed by atoms with Gasteiger partial charge in [0.25, 0.3) is 5.91 Å². The number of carbonyl (C=O) groups is 3. The summed E-state index contributed by atoms with van der Waals surface area (Å²) in [5.74, 6) is -0.573. The van der Waals surface area contributed by atoms with E-state index in [0.717, 1.165) is 5.56 Å². The molecule has 1 unspecified atom stereocenters. The lowest BCUT2D eigenvalue weighted by atomic mass is 10.1. The van der Waals surface area contributed by atoms with Gasteiger partial charge in [-0.3, -0.25) is 14.5 Å². The Kier molecular flexibility index (Phi) is 8.95. The van der Waals surface area contributed by atoms with Crippen LogP contribution >= 0.6 is 12.2 Å². The average molecular weight is 566 g/mol. The van der Waals surface area contributed by atoms with Crippen LogP contribution in [-0.2, 0) is 20.7 Å². The number of hydrogen-bond acceptors (Lipinski definition) is 7. The number of halogens is 1. The summed E-state index contributed by atoms with van der Waals surface area (Å²) in [6, 6.07) is 16.3. The first kappa shape index (κ1) is 28.5. The van der Waals surface area contributed by atoms with Crippen molar-refractivity contribution in [3.63, 3.8) is 0 Å². The van der Waals surface area contributed by atoms with Gasteiger partial charge in [0.1, 0.15) is 11.9 Å². The number of esters is 1. The van der Waals surface area contributed by atoms with Gasteiger partial charge in [-0.2, -0.15) is 0 Å². The van der Waals surface area contributed by atoms with Crippen LogP contribution in [-0.4, -0.2) is 61.7 Å². The number of benzene rings is 3. The molecule has 0 spiro atoms. The molecule has 3 aromatic carbocycles. The Balaban J connectivity index is 1.54. The lowest BCUT2D eigenvalue weighted by molar-refractivity contribution is -0.124. The third-order valence-corrected chi connectivity index (χ3v) is 6.88. The van der Waals surface area contributed by atoms with Crippen LogP contribution in [0.1, 0.15) is 22.3 Å². The number of amides is 2. The molecule has 40 heavy (non-hydrogen) atoms. The summed E-state index contributed by atoms with van der Waals surface area (Å²) >= 11 is 5.68. The van der Waals surface area contributed by atoms with Crippen LogP contribution in [0.3, 0.4) is 0 Å². The largest absolute Gasteiger partial charge is 0.493 e. The Morgan fingerprint density at radius 3 is 2.25 bits per heavy atom. The Labute approximate surface area is 236 Å². The van der Waals surface area contributed by atoms with E-state index in [1.807, 2.05) is 12.1 Å². The van der Waals surface area contributed by atoms with E-state index in [2.05, 4.69) is 5.32 Å². The first-order chi connectivity index (χ1) is 19.2. The number of nitrogens with zero attached hydrogens (tertiary/aromatic N) is 2. The van der Waals surface area contributed by atoms with Gasteiger partial charge in [-0.25, -0.2) is 9.18 Å². The minimum absolute atomic E-state index is 0.179. The number of thiocarbonyl (C=S) groups is 1. The van der Waals surface area contributed by atoms with Crippen molar-refractivity contribution in [2.75, 3.05) is 38.1 Å². The van der Waals surface area contributed by atoms with Crippen molar-refractivity contribution in [3.05, 3.63) is 83.7 Å². The zero-order chi connectivity index (χ0) is 28.8. The predicted molar refractivity (Wildman–Crippen MR) is 151 cm³/mol. The smallest absolute Gasteiger partial charge is 0.337 e. The topological polar surface area (TPSA) is 97.4 Å². The molecule has 3 aromatic rings. The predicted octanol–water partition coefficient (Wildman–Crippen LogP) is 4.20. The van der Waals surface area contributed by atoms with Gasteiger partial charge < -0.3 is 24.4 Å². The number of nitrogens with one attached hydrogen (secondary N) is 1. The highest BCUT2D eigenvalue weighted by atomic mass is 32.1. The minimum Gasteiger partial charge on any atom is -0.493 e. The normalized spacial score (nSPS) is 14.8. The summed E-state index contributed by atoms with van der Waals surface area (Å²) in [6.07, 6.45) is 0.319. The Hall–Kier alpha value is -4.51. The van der Waals surface area contributed by atoms with Gasteiger partial charge in [-0.15, -0.1) is 0 Å². The zero-order valence-corrected chi connectivity index (χ0v) is 23.0. The molecule has 0 aromatic heterocycles. The van der Waals surface area contributed by atoms with Crippen LogP contribution in [0.5, 0.6) is 11.5 Å². The second kappa shape index (κ2) is 12.6. The van der Waals surface area contributed by atoms with Crippen LogP contribution in [0.25, 0.3) is 0 Å². The molecule has 1 saturated heterocycles. The second-order valence-electron chi connectivity index (χ2n) is 8.90. The molecular formula is C29H28FN3O6S. The molecule has 2 amide bonds. The number of methoxy groups -OCH3 is 3. The van der Waals surface area contributed by atoms with Gasteiger partial charge in [-0.05, 0) is 84.9 Å². The molecule has 4 rings (SSSR count). The summed E-state index contributed by atoms with van der Waals surface area (Å²) in [6.45, 7) is 0.337. The molecule has 1 atom stereocenters. The van der Waals surface area contributed by atoms with E-state index >= 15 is 0 Å². The van der Waals surface area contributed by atoms with Crippen LogP contribution in [0.2, 0.25) is 0 Å². The molecule has 0 aliphatic carbocycles. The molecule has 9 nitrogen and oxygen atoms in total. The van der Waals surface area contributed by atoms with Gasteiger partial charge in [0.15, 0.2) is 16.6 Å². The van der Waals surface area contributed by atoms with E-state index in [1.165, 1.54) is 48.4 Å². The molecule has 0 saturated carbocycles. The second-order valence-corrected chi connectivity index (χ2v) is 9.27. The van der Waals surface area contributed by atoms with Crippen molar-refractivity contribution >= 4 is 46.5 Å². The monoisotopic (exact) mass is 565 g/mol. The van der Waals surface area contributed by atoms with Crippen molar-refractivity contribution in [2.24, 2.45) is 0 Å². The molecule has 1 N–H and O–H groups in total. The van der Waals surface area contributed by atoms with E-state index in [0.29, 0.717) is 41.4 Å². The number of carbonyl (C=O) groups excluding carboxylic acids is 3. The van der Waals surface area contributed by atoms with Crippen molar-refractivity contribution < 1.29 is 33.0 Å². The van der Waals surface area contributed by atoms with Gasteiger partial charge >= 0.3 is 5.97 Å². The van der Waals surface area contributed by atoms with Gasteiger partial charge in [0, 0.05) is 12.2 Å². The summed E-state index contributed by atoms with van der Waals surface area (Å²) in [4.78, 5) is 41.3. The summed E-state index contributed by atoms with van der Waals surface area (Å²) in [7, 11) is 4.39. The quantitative estimate of drug-likeness (QED) is 0.289. The Morgan fingerprint density at radius 2 is 1.62 bits per heavy atom. The molecule has 0 radical (unpaired) electrons. The van der Waals surface area contributed by atoms with Crippen LogP contribution in [0.4, 0.5) is 15.8 Å². The highest BCUT2D eigenvalue weighted by molar-refractivity contribution is 7.80. The Bertz CT molecular complexity index is 1410. The fourth-order valence-corrected chi connectivity index (χ4v) is 4.81. The van der Waals surface area contributed by atoms with Crippen LogP contribution < -0.4 is 19.7 Å². The van der Waals surface area contributed by atoms with Gasteiger partial charge in [0.05, 0.1) is 39.0 Å². The summed E-state index contributed by atoms with van der Waals surface area (Å²) in [5, 5.41) is 2.98. The summed E-state index contributed by atoms with van der Waals surface area (Å²) < 4.78 is 29.0. The third-order valence-electron chi connectivity index (χ3n) is 6.46. The molecule has 208 valence electrons. The maximum absolute atomic E-state index is 13.6. The number of anilines is 2. The first-order valence-electron chi connectivity index (χ1n) is 12.3. The first-order valence-corrected chi connectivity index (χ1v) is 12.8. The molecule has 1 fully saturated rings. The van der Waals surface area contributed by atoms with Crippen molar-refractivity contribution in [2.45, 2.75) is 18.9 Å². The van der Waals surface area contributed by atoms with Crippen molar-refractivity contribution in [3.8, 4) is 11.5 Å². The van der Waals surface area contributed by atoms with Crippen molar-refractivity contribution in [1.29, 1.82) is 0 Å². The molecule has 1 heterocycles. The average Bonchev–Trinajstić information content (AvgIpc) is 3.19. The molecule has 1 aliphatic rings. The zero-order valence-electron chi connectivity index (χ0n) is 22.2. The maximum Gasteiger partial charge on any atom is 0.337 e. The SMILES string of the molecule is COC(=O)c1ccc(NC(=O)CC2C(=O)N(c3ccc(F)cc3)C(=S)N2CCc2ccc(OC)c(OC)c2)cc1. The maximum atomic E-state index is 13.6. The number of hydrogen-bond donors (Lipinski definition) is 1. The summed E-state index contributed by atoms with van der Waals surface area (Å²) in [5.41, 5.74) is 2.13. The highest BCUT2D eigenvalue weighted by Crippen LogP contribution is 2.30. The lowest BCUT2D eigenvalue weighted by Crippen LogP contribution is -2.39. The van der Waals surface area contributed by atoms with E-state index in [9.17, 15) is 18.8 Å². The van der Waals surface area contributed by atoms with E-state index < -0.39 is 23.7 Å². The molecule has 0 bridgehead atoms. The van der Waals surface area contributed by atoms with Gasteiger partial charge in [-0.1, -0.05) is 6.07 Å². The lowest BCUT2D eigenvalue weighted by Gasteiger charge is -2.24. The number of rotatable bonds is 10. The fourth-order valence-electron chi connectivity index (χ4n) is 4.40. The van der Waals surface area contributed by atoms with E-state index in [4.69, 9.17) is 26.4 Å². The van der Waals surface area contributed by atoms with Crippen LogP contribution in [0, 0.1) is 5.82 Å². The van der Waals surface area contributed by atoms with Crippen molar-refractivity contribution in [1.82, 2.24) is 4.90 Å². The minimum atomic E-state index is -0.882. The van der Waals surface area contributed by atoms with E-state index in [-0.39, 0.29) is 17.4 Å².